The lowest BCUT2D eigenvalue weighted by molar-refractivity contribution is -0.141. The Kier molecular flexibility index (Phi) is 6.86. The van der Waals surface area contributed by atoms with Crippen LogP contribution in [0.3, 0.4) is 0 Å². The molecule has 0 unspecified atom stereocenters. The smallest absolute Gasteiger partial charge is 0.320 e. The molecule has 0 radical (unpaired) electrons. The molecule has 9 heteroatoms. The maximum absolute atomic E-state index is 13.3. The number of amides is 4. The van der Waals surface area contributed by atoms with Gasteiger partial charge >= 0.3 is 6.03 Å². The minimum Gasteiger partial charge on any atom is -0.359 e. The predicted molar refractivity (Wildman–Crippen MR) is 121 cm³/mol. The summed E-state index contributed by atoms with van der Waals surface area (Å²) in [6.07, 6.45) is 2.38. The normalized spacial score (nSPS) is 20.3. The molecule has 32 heavy (non-hydrogen) atoms. The molecule has 0 spiro atoms. The summed E-state index contributed by atoms with van der Waals surface area (Å²) in [6, 6.07) is 1.06. The minimum absolute atomic E-state index is 0.0991. The van der Waals surface area contributed by atoms with Gasteiger partial charge in [0.05, 0.1) is 0 Å². The number of hydrogen-bond donors (Lipinski definition) is 1. The Morgan fingerprint density at radius 3 is 2.16 bits per heavy atom. The van der Waals surface area contributed by atoms with E-state index in [0.717, 1.165) is 12.8 Å². The average Bonchev–Trinajstić information content (AvgIpc) is 3.21. The molecule has 2 aliphatic rings. The highest BCUT2D eigenvalue weighted by Gasteiger charge is 2.37. The Labute approximate surface area is 190 Å². The van der Waals surface area contributed by atoms with Crippen molar-refractivity contribution < 1.29 is 18.9 Å². The largest absolute Gasteiger partial charge is 0.359 e. The number of carbonyl (C=O) groups excluding carboxylic acids is 3. The van der Waals surface area contributed by atoms with Crippen molar-refractivity contribution in [1.29, 1.82) is 0 Å². The van der Waals surface area contributed by atoms with E-state index >= 15 is 0 Å². The lowest BCUT2D eigenvalue weighted by Gasteiger charge is -2.42. The van der Waals surface area contributed by atoms with Crippen molar-refractivity contribution in [1.82, 2.24) is 19.9 Å². The number of hydrogen-bond acceptors (Lipinski definition) is 5. The first kappa shape index (κ1) is 24.1. The van der Waals surface area contributed by atoms with Gasteiger partial charge in [0.15, 0.2) is 5.82 Å². The molecular weight excluding hydrogens is 410 g/mol. The van der Waals surface area contributed by atoms with E-state index in [1.165, 1.54) is 0 Å². The van der Waals surface area contributed by atoms with Crippen LogP contribution in [0, 0.1) is 5.41 Å². The Hall–Kier alpha value is -2.58. The number of aromatic nitrogens is 1. The molecule has 0 saturated carbocycles. The number of likely N-dealkylation sites (tertiary alicyclic amines) is 1. The molecule has 3 rings (SSSR count). The molecule has 3 heterocycles. The summed E-state index contributed by atoms with van der Waals surface area (Å²) in [4.78, 5) is 44.1. The monoisotopic (exact) mass is 447 g/mol. The number of rotatable bonds is 2. The van der Waals surface area contributed by atoms with Crippen molar-refractivity contribution in [2.45, 2.75) is 72.3 Å². The van der Waals surface area contributed by atoms with Crippen molar-refractivity contribution in [2.24, 2.45) is 5.41 Å². The van der Waals surface area contributed by atoms with Crippen LogP contribution in [0.2, 0.25) is 0 Å². The van der Waals surface area contributed by atoms with E-state index in [1.807, 2.05) is 46.4 Å². The molecule has 1 N–H and O–H groups in total. The Bertz CT molecular complexity index is 843. The van der Waals surface area contributed by atoms with Crippen LogP contribution in [0.4, 0.5) is 10.6 Å². The molecule has 4 amide bonds. The van der Waals surface area contributed by atoms with E-state index < -0.39 is 11.5 Å². The maximum atomic E-state index is 13.3. The summed E-state index contributed by atoms with van der Waals surface area (Å²) in [5.74, 6) is 0.912. The first-order chi connectivity index (χ1) is 14.9. The fourth-order valence-corrected chi connectivity index (χ4v) is 4.09. The minimum atomic E-state index is -0.541. The summed E-state index contributed by atoms with van der Waals surface area (Å²) < 4.78 is 5.35. The van der Waals surface area contributed by atoms with Crippen LogP contribution in [0.5, 0.6) is 0 Å². The predicted octanol–water partition coefficient (Wildman–Crippen LogP) is 3.08. The number of piperazine rings is 1. The van der Waals surface area contributed by atoms with E-state index in [0.29, 0.717) is 50.7 Å². The maximum Gasteiger partial charge on any atom is 0.320 e. The topological polar surface area (TPSA) is 99.0 Å². The second kappa shape index (κ2) is 9.11. The van der Waals surface area contributed by atoms with Gasteiger partial charge in [-0.25, -0.2) is 4.79 Å². The summed E-state index contributed by atoms with van der Waals surface area (Å²) in [5, 5.41) is 6.78. The first-order valence-corrected chi connectivity index (χ1v) is 11.5. The molecule has 2 fully saturated rings. The van der Waals surface area contributed by atoms with Gasteiger partial charge in [0.1, 0.15) is 11.8 Å². The molecule has 178 valence electrons. The standard InChI is InChI=1S/C23H37N5O4/c1-22(2,3)17-15-18(25-32-17)24-19(29)16-9-7-8-10-28(16)21(31)27-13-11-26(12-14-27)20(30)23(4,5)6/h15-16H,7-14H2,1-6H3,(H,24,25,29)/t16-/m0/s1. The summed E-state index contributed by atoms with van der Waals surface area (Å²) >= 11 is 0. The van der Waals surface area contributed by atoms with Gasteiger partial charge < -0.3 is 24.5 Å². The zero-order valence-electron chi connectivity index (χ0n) is 20.2. The fraction of sp³-hybridized carbons (Fsp3) is 0.739. The molecule has 9 nitrogen and oxygen atoms in total. The van der Waals surface area contributed by atoms with Gasteiger partial charge in [0.2, 0.25) is 11.8 Å². The van der Waals surface area contributed by atoms with Crippen molar-refractivity contribution in [3.05, 3.63) is 11.8 Å². The van der Waals surface area contributed by atoms with E-state index in [-0.39, 0.29) is 23.3 Å². The Morgan fingerprint density at radius 2 is 1.59 bits per heavy atom. The Balaban J connectivity index is 1.62. The fourth-order valence-electron chi connectivity index (χ4n) is 4.09. The summed E-state index contributed by atoms with van der Waals surface area (Å²) in [6.45, 7) is 14.3. The van der Waals surface area contributed by atoms with Gasteiger partial charge in [-0.05, 0) is 19.3 Å². The highest BCUT2D eigenvalue weighted by atomic mass is 16.5. The van der Waals surface area contributed by atoms with Crippen LogP contribution in [0.25, 0.3) is 0 Å². The van der Waals surface area contributed by atoms with Crippen molar-refractivity contribution >= 4 is 23.7 Å². The third kappa shape index (κ3) is 5.42. The average molecular weight is 448 g/mol. The highest BCUT2D eigenvalue weighted by molar-refractivity contribution is 5.96. The lowest BCUT2D eigenvalue weighted by Crippen LogP contribution is -2.59. The van der Waals surface area contributed by atoms with Gasteiger partial charge in [-0.15, -0.1) is 0 Å². The number of anilines is 1. The number of piperidine rings is 1. The van der Waals surface area contributed by atoms with Crippen LogP contribution in [0.15, 0.2) is 10.6 Å². The van der Waals surface area contributed by atoms with Crippen molar-refractivity contribution in [3.63, 3.8) is 0 Å². The van der Waals surface area contributed by atoms with Gasteiger partial charge in [0, 0.05) is 49.6 Å². The van der Waals surface area contributed by atoms with Crippen molar-refractivity contribution in [3.8, 4) is 0 Å². The molecule has 0 aromatic carbocycles. The molecule has 1 aromatic rings. The number of nitrogens with one attached hydrogen (secondary N) is 1. The van der Waals surface area contributed by atoms with Crippen LogP contribution >= 0.6 is 0 Å². The Morgan fingerprint density at radius 1 is 0.969 bits per heavy atom. The number of carbonyl (C=O) groups is 3. The molecule has 1 aromatic heterocycles. The lowest BCUT2D eigenvalue weighted by atomic mass is 9.93. The molecule has 1 atom stereocenters. The zero-order valence-corrected chi connectivity index (χ0v) is 20.2. The van der Waals surface area contributed by atoms with Gasteiger partial charge in [-0.1, -0.05) is 46.7 Å². The second-order valence-electron chi connectivity index (χ2n) is 10.8. The van der Waals surface area contributed by atoms with E-state index in [9.17, 15) is 14.4 Å². The zero-order chi connectivity index (χ0) is 23.7. The third-order valence-corrected chi connectivity index (χ3v) is 6.03. The van der Waals surface area contributed by atoms with Crippen LogP contribution < -0.4 is 5.32 Å². The SMILES string of the molecule is CC(C)(C)C(=O)N1CCN(C(=O)N2CCCC[C@H]2C(=O)Nc2cc(C(C)(C)C)on2)CC1. The summed E-state index contributed by atoms with van der Waals surface area (Å²) in [7, 11) is 0. The van der Waals surface area contributed by atoms with E-state index in [2.05, 4.69) is 10.5 Å². The van der Waals surface area contributed by atoms with Gasteiger partial charge in [-0.2, -0.15) is 0 Å². The molecule has 2 saturated heterocycles. The first-order valence-electron chi connectivity index (χ1n) is 11.5. The van der Waals surface area contributed by atoms with E-state index in [1.54, 1.807) is 15.9 Å². The van der Waals surface area contributed by atoms with Gasteiger partial charge in [-0.3, -0.25) is 9.59 Å². The van der Waals surface area contributed by atoms with Crippen LogP contribution in [-0.2, 0) is 15.0 Å². The molecule has 0 aliphatic carbocycles. The molecule has 2 aliphatic heterocycles. The third-order valence-electron chi connectivity index (χ3n) is 6.03. The van der Waals surface area contributed by atoms with Crippen LogP contribution in [0.1, 0.15) is 66.6 Å². The highest BCUT2D eigenvalue weighted by Crippen LogP contribution is 2.26. The second-order valence-corrected chi connectivity index (χ2v) is 10.8. The van der Waals surface area contributed by atoms with Crippen molar-refractivity contribution in [2.75, 3.05) is 38.0 Å². The number of nitrogens with zero attached hydrogens (tertiary/aromatic N) is 4. The molecule has 0 bridgehead atoms. The summed E-state index contributed by atoms with van der Waals surface area (Å²) in [5.41, 5.74) is -0.643. The quantitative estimate of drug-likeness (QED) is 0.751. The number of urea groups is 1. The van der Waals surface area contributed by atoms with E-state index in [4.69, 9.17) is 4.52 Å². The van der Waals surface area contributed by atoms with Crippen LogP contribution in [-0.4, -0.2) is 76.5 Å². The molecular formula is C23H37N5O4. The van der Waals surface area contributed by atoms with Gasteiger partial charge in [0.25, 0.3) is 0 Å².